The van der Waals surface area contributed by atoms with Crippen molar-refractivity contribution >= 4 is 22.5 Å². The molecule has 1 unspecified atom stereocenters. The lowest BCUT2D eigenvalue weighted by Gasteiger charge is -2.22. The first-order chi connectivity index (χ1) is 8.01. The van der Waals surface area contributed by atoms with Crippen LogP contribution in [0.2, 0.25) is 0 Å². The minimum Gasteiger partial charge on any atom is -0.478 e. The van der Waals surface area contributed by atoms with Crippen LogP contribution < -0.4 is 5.32 Å². The second-order valence-electron chi connectivity index (χ2n) is 4.29. The van der Waals surface area contributed by atoms with E-state index in [-0.39, 0.29) is 6.04 Å². The SMILES string of the molecule is CCC(CC)C(C)Nc1snc(C)c1C(=O)O. The number of carboxylic acids is 1. The summed E-state index contributed by atoms with van der Waals surface area (Å²) in [6.07, 6.45) is 2.18. The molecule has 0 saturated carbocycles. The number of hydrogen-bond donors (Lipinski definition) is 2. The average molecular weight is 256 g/mol. The Kier molecular flexibility index (Phi) is 4.93. The third-order valence-electron chi connectivity index (χ3n) is 3.19. The number of carboxylic acid groups (broad SMARTS) is 1. The minimum absolute atomic E-state index is 0.267. The van der Waals surface area contributed by atoms with Crippen LogP contribution in [0.1, 0.15) is 49.7 Å². The summed E-state index contributed by atoms with van der Waals surface area (Å²) in [4.78, 5) is 11.1. The van der Waals surface area contributed by atoms with Crippen LogP contribution >= 0.6 is 11.5 Å². The van der Waals surface area contributed by atoms with Gasteiger partial charge in [0.2, 0.25) is 0 Å². The normalized spacial score (nSPS) is 12.8. The van der Waals surface area contributed by atoms with Crippen LogP contribution in [-0.4, -0.2) is 21.5 Å². The molecule has 0 amide bonds. The van der Waals surface area contributed by atoms with Gasteiger partial charge in [-0.1, -0.05) is 26.7 Å². The van der Waals surface area contributed by atoms with Gasteiger partial charge in [0, 0.05) is 6.04 Å². The molecule has 1 aromatic heterocycles. The molecule has 0 radical (unpaired) electrons. The predicted octanol–water partition coefficient (Wildman–Crippen LogP) is 3.39. The molecule has 0 fully saturated rings. The molecule has 0 aromatic carbocycles. The monoisotopic (exact) mass is 256 g/mol. The second-order valence-corrected chi connectivity index (χ2v) is 5.06. The first-order valence-electron chi connectivity index (χ1n) is 5.97. The number of carbonyl (C=O) groups is 1. The highest BCUT2D eigenvalue weighted by molar-refractivity contribution is 7.10. The van der Waals surface area contributed by atoms with Crippen molar-refractivity contribution in [3.63, 3.8) is 0 Å². The van der Waals surface area contributed by atoms with Crippen LogP contribution in [0.4, 0.5) is 5.00 Å². The Hall–Kier alpha value is -1.10. The number of nitrogens with zero attached hydrogens (tertiary/aromatic N) is 1. The van der Waals surface area contributed by atoms with Gasteiger partial charge in [-0.3, -0.25) is 0 Å². The zero-order valence-electron chi connectivity index (χ0n) is 10.8. The molecule has 17 heavy (non-hydrogen) atoms. The van der Waals surface area contributed by atoms with Crippen molar-refractivity contribution in [2.45, 2.75) is 46.6 Å². The Morgan fingerprint density at radius 2 is 2.06 bits per heavy atom. The number of anilines is 1. The van der Waals surface area contributed by atoms with Gasteiger partial charge in [-0.15, -0.1) is 0 Å². The maximum Gasteiger partial charge on any atom is 0.340 e. The zero-order chi connectivity index (χ0) is 13.0. The van der Waals surface area contributed by atoms with Gasteiger partial charge in [0.15, 0.2) is 0 Å². The molecule has 2 N–H and O–H groups in total. The maximum atomic E-state index is 11.1. The van der Waals surface area contributed by atoms with Crippen molar-refractivity contribution in [3.8, 4) is 0 Å². The van der Waals surface area contributed by atoms with Crippen LogP contribution in [0.15, 0.2) is 0 Å². The van der Waals surface area contributed by atoms with E-state index in [9.17, 15) is 4.79 Å². The van der Waals surface area contributed by atoms with Crippen LogP contribution in [0.5, 0.6) is 0 Å². The fourth-order valence-electron chi connectivity index (χ4n) is 2.04. The summed E-state index contributed by atoms with van der Waals surface area (Å²) in [6.45, 7) is 8.13. The highest BCUT2D eigenvalue weighted by atomic mass is 32.1. The van der Waals surface area contributed by atoms with Crippen LogP contribution in [0.25, 0.3) is 0 Å². The molecule has 0 aliphatic rings. The van der Waals surface area contributed by atoms with Crippen molar-refractivity contribution in [1.29, 1.82) is 0 Å². The minimum atomic E-state index is -0.907. The molecular formula is C12H20N2O2S. The van der Waals surface area contributed by atoms with Crippen molar-refractivity contribution in [2.24, 2.45) is 5.92 Å². The Bertz CT molecular complexity index is 386. The van der Waals surface area contributed by atoms with Gasteiger partial charge in [-0.05, 0) is 31.3 Å². The summed E-state index contributed by atoms with van der Waals surface area (Å²) >= 11 is 1.23. The number of aryl methyl sites for hydroxylation is 1. The van der Waals surface area contributed by atoms with Crippen LogP contribution in [0, 0.1) is 12.8 Å². The Morgan fingerprint density at radius 1 is 1.47 bits per heavy atom. The van der Waals surface area contributed by atoms with Crippen molar-refractivity contribution < 1.29 is 9.90 Å². The second kappa shape index (κ2) is 6.00. The van der Waals surface area contributed by atoms with E-state index in [1.165, 1.54) is 11.5 Å². The molecule has 96 valence electrons. The lowest BCUT2D eigenvalue weighted by atomic mass is 9.95. The summed E-state index contributed by atoms with van der Waals surface area (Å²) in [6, 6.07) is 0.267. The molecule has 0 saturated heterocycles. The zero-order valence-corrected chi connectivity index (χ0v) is 11.6. The van der Waals surface area contributed by atoms with Gasteiger partial charge < -0.3 is 10.4 Å². The summed E-state index contributed by atoms with van der Waals surface area (Å²) in [5, 5.41) is 13.1. The summed E-state index contributed by atoms with van der Waals surface area (Å²) in [5.41, 5.74) is 0.898. The van der Waals surface area contributed by atoms with E-state index >= 15 is 0 Å². The largest absolute Gasteiger partial charge is 0.478 e. The fourth-order valence-corrected chi connectivity index (χ4v) is 2.92. The number of nitrogens with one attached hydrogen (secondary N) is 1. The fraction of sp³-hybridized carbons (Fsp3) is 0.667. The van der Waals surface area contributed by atoms with Crippen molar-refractivity contribution in [3.05, 3.63) is 11.3 Å². The number of rotatable bonds is 6. The maximum absolute atomic E-state index is 11.1. The van der Waals surface area contributed by atoms with Crippen molar-refractivity contribution in [2.75, 3.05) is 5.32 Å². The van der Waals surface area contributed by atoms with Crippen LogP contribution in [0.3, 0.4) is 0 Å². The molecule has 0 bridgehead atoms. The Balaban J connectivity index is 2.84. The molecule has 1 rings (SSSR count). The summed E-state index contributed by atoms with van der Waals surface area (Å²) in [7, 11) is 0. The number of aromatic carboxylic acids is 1. The lowest BCUT2D eigenvalue weighted by Crippen LogP contribution is -2.25. The van der Waals surface area contributed by atoms with Gasteiger partial charge in [-0.25, -0.2) is 4.79 Å². The van der Waals surface area contributed by atoms with Gasteiger partial charge in [0.25, 0.3) is 0 Å². The molecule has 4 nitrogen and oxygen atoms in total. The molecule has 0 aliphatic heterocycles. The van der Waals surface area contributed by atoms with Gasteiger partial charge >= 0.3 is 5.97 Å². The average Bonchev–Trinajstić information content (AvgIpc) is 2.61. The third-order valence-corrected chi connectivity index (χ3v) is 4.06. The van der Waals surface area contributed by atoms with Gasteiger partial charge in [0.05, 0.1) is 5.69 Å². The smallest absolute Gasteiger partial charge is 0.340 e. The van der Waals surface area contributed by atoms with E-state index in [0.29, 0.717) is 22.2 Å². The highest BCUT2D eigenvalue weighted by Crippen LogP contribution is 2.27. The lowest BCUT2D eigenvalue weighted by molar-refractivity contribution is 0.0697. The first kappa shape index (κ1) is 14.0. The Morgan fingerprint density at radius 3 is 2.53 bits per heavy atom. The van der Waals surface area contributed by atoms with Gasteiger partial charge in [-0.2, -0.15) is 4.37 Å². The van der Waals surface area contributed by atoms with E-state index in [0.717, 1.165) is 12.8 Å². The van der Waals surface area contributed by atoms with E-state index in [1.807, 2.05) is 0 Å². The van der Waals surface area contributed by atoms with E-state index < -0.39 is 5.97 Å². The molecule has 0 spiro atoms. The molecule has 5 heteroatoms. The van der Waals surface area contributed by atoms with Crippen LogP contribution in [-0.2, 0) is 0 Å². The highest BCUT2D eigenvalue weighted by Gasteiger charge is 2.21. The van der Waals surface area contributed by atoms with E-state index in [2.05, 4.69) is 30.5 Å². The van der Waals surface area contributed by atoms with E-state index in [4.69, 9.17) is 5.11 Å². The van der Waals surface area contributed by atoms with E-state index in [1.54, 1.807) is 6.92 Å². The third kappa shape index (κ3) is 3.19. The molecular weight excluding hydrogens is 236 g/mol. The summed E-state index contributed by atoms with van der Waals surface area (Å²) < 4.78 is 4.10. The molecule has 1 atom stereocenters. The standard InChI is InChI=1S/C12H20N2O2S/c1-5-9(6-2)7(3)13-11-10(12(15)16)8(4)14-17-11/h7,9,13H,5-6H2,1-4H3,(H,15,16). The Labute approximate surface area is 106 Å². The topological polar surface area (TPSA) is 62.2 Å². The first-order valence-corrected chi connectivity index (χ1v) is 6.74. The number of hydrogen-bond acceptors (Lipinski definition) is 4. The number of aromatic nitrogens is 1. The molecule has 1 aromatic rings. The van der Waals surface area contributed by atoms with Crippen molar-refractivity contribution in [1.82, 2.24) is 4.37 Å². The summed E-state index contributed by atoms with van der Waals surface area (Å²) in [5.74, 6) is -0.352. The molecule has 0 aliphatic carbocycles. The predicted molar refractivity (Wildman–Crippen MR) is 71.0 cm³/mol. The quantitative estimate of drug-likeness (QED) is 0.819. The van der Waals surface area contributed by atoms with Gasteiger partial charge in [0.1, 0.15) is 10.6 Å². The molecule has 1 heterocycles.